The molecule has 1 aliphatic rings. The third-order valence-corrected chi connectivity index (χ3v) is 9.26. The standard InChI is InChI=1S/C45H41.2ClH.Zr/c1-44(2,3)42-28-38-32(26-40(42)36-23-15-13-21-34(36)30-17-9-7-10-18-30)25-33-27-41(43(29-39(33)38)45(4,5)6)37-24-16-14-22-35(37)31-19-11-8-12-20-31;;;/h7-24,26,28-29H,25H2,1-6H3;2*1H;/q-1;;;+3/p-2. The quantitative estimate of drug-likeness (QED) is 0.185. The Kier molecular flexibility index (Phi) is 11.5. The van der Waals surface area contributed by atoms with Crippen LogP contribution in [-0.4, -0.2) is 0 Å². The first-order valence-corrected chi connectivity index (χ1v) is 16.2. The molecule has 6 aromatic carbocycles. The summed E-state index contributed by atoms with van der Waals surface area (Å²) in [6, 6.07) is 50.8. The molecule has 239 valence electrons. The maximum absolute atomic E-state index is 4.03. The average Bonchev–Trinajstić information content (AvgIpc) is 3.40. The van der Waals surface area contributed by atoms with Crippen molar-refractivity contribution < 1.29 is 51.0 Å². The Hall–Kier alpha value is -3.22. The molecule has 0 bridgehead atoms. The van der Waals surface area contributed by atoms with Gasteiger partial charge < -0.3 is 24.8 Å². The minimum atomic E-state index is -0.0468. The summed E-state index contributed by atoms with van der Waals surface area (Å²) in [7, 11) is 0. The molecule has 0 fully saturated rings. The summed E-state index contributed by atoms with van der Waals surface area (Å²) in [4.78, 5) is 0. The molecule has 0 aromatic heterocycles. The SMILES string of the molecule is CC(C)(C)c1cc2c([c-]c1-c1ccccc1-c1ccccc1)Cc1cc(-c3ccccc3-c3ccccc3)c(C(C)(C)C)cc1-2.[Cl-].[Cl-].[Zr+3]. The summed E-state index contributed by atoms with van der Waals surface area (Å²) >= 11 is 0. The largest absolute Gasteiger partial charge is 3.00 e. The molecule has 0 atom stereocenters. The number of rotatable bonds is 4. The van der Waals surface area contributed by atoms with Crippen molar-refractivity contribution in [3.05, 3.63) is 156 Å². The zero-order chi connectivity index (χ0) is 31.3. The van der Waals surface area contributed by atoms with E-state index in [1.54, 1.807) is 0 Å². The van der Waals surface area contributed by atoms with E-state index in [9.17, 15) is 0 Å². The fourth-order valence-corrected chi connectivity index (χ4v) is 7.01. The summed E-state index contributed by atoms with van der Waals surface area (Å²) in [5, 5.41) is 0. The average molecular weight is 744 g/mol. The van der Waals surface area contributed by atoms with Gasteiger partial charge in [0.25, 0.3) is 0 Å². The summed E-state index contributed by atoms with van der Waals surface area (Å²) in [5.41, 5.74) is 18.2. The van der Waals surface area contributed by atoms with Gasteiger partial charge in [-0.2, -0.15) is 0 Å². The Bertz CT molecular complexity index is 1880. The molecule has 3 heteroatoms. The molecule has 48 heavy (non-hydrogen) atoms. The summed E-state index contributed by atoms with van der Waals surface area (Å²) < 4.78 is 0. The molecule has 0 heterocycles. The van der Waals surface area contributed by atoms with E-state index in [1.807, 2.05) is 0 Å². The Morgan fingerprint density at radius 2 is 0.875 bits per heavy atom. The van der Waals surface area contributed by atoms with Gasteiger partial charge in [0.1, 0.15) is 0 Å². The molecule has 0 saturated heterocycles. The van der Waals surface area contributed by atoms with Crippen molar-refractivity contribution >= 4 is 0 Å². The maximum atomic E-state index is 4.03. The van der Waals surface area contributed by atoms with Crippen LogP contribution in [0.3, 0.4) is 0 Å². The minimum Gasteiger partial charge on any atom is -1.00 e. The summed E-state index contributed by atoms with van der Waals surface area (Å²) in [5.74, 6) is 0. The Labute approximate surface area is 319 Å². The molecule has 0 unspecified atom stereocenters. The number of halogens is 2. The van der Waals surface area contributed by atoms with Gasteiger partial charge in [-0.1, -0.05) is 185 Å². The Balaban J connectivity index is 0.00000173. The first-order chi connectivity index (χ1) is 21.6. The van der Waals surface area contributed by atoms with Crippen LogP contribution in [-0.2, 0) is 43.5 Å². The van der Waals surface area contributed by atoms with Crippen LogP contribution in [0.15, 0.2) is 127 Å². The predicted octanol–water partition coefficient (Wildman–Crippen LogP) is 6.33. The molecule has 0 spiro atoms. The van der Waals surface area contributed by atoms with Gasteiger partial charge in [-0.3, -0.25) is 0 Å². The van der Waals surface area contributed by atoms with Gasteiger partial charge in [0.15, 0.2) is 0 Å². The van der Waals surface area contributed by atoms with E-state index in [1.165, 1.54) is 77.9 Å². The summed E-state index contributed by atoms with van der Waals surface area (Å²) in [6.45, 7) is 14.0. The van der Waals surface area contributed by atoms with Crippen molar-refractivity contribution in [2.45, 2.75) is 58.8 Å². The van der Waals surface area contributed by atoms with Crippen LogP contribution < -0.4 is 24.8 Å². The third kappa shape index (κ3) is 7.07. The van der Waals surface area contributed by atoms with E-state index >= 15 is 0 Å². The second-order valence-electron chi connectivity index (χ2n) is 14.5. The minimum absolute atomic E-state index is 0. The fraction of sp³-hybridized carbons (Fsp3) is 0.200. The third-order valence-electron chi connectivity index (χ3n) is 9.26. The molecule has 0 nitrogen and oxygen atoms in total. The second kappa shape index (κ2) is 14.7. The van der Waals surface area contributed by atoms with Crippen LogP contribution in [0.4, 0.5) is 0 Å². The molecular formula is C45H41Cl2Zr. The fourth-order valence-electron chi connectivity index (χ4n) is 7.01. The maximum Gasteiger partial charge on any atom is 3.00 e. The number of hydrogen-bond acceptors (Lipinski definition) is 0. The van der Waals surface area contributed by atoms with Gasteiger partial charge >= 0.3 is 26.2 Å². The van der Waals surface area contributed by atoms with Crippen molar-refractivity contribution in [3.8, 4) is 55.6 Å². The van der Waals surface area contributed by atoms with E-state index in [-0.39, 0.29) is 61.8 Å². The van der Waals surface area contributed by atoms with Crippen LogP contribution in [0.2, 0.25) is 0 Å². The van der Waals surface area contributed by atoms with E-state index < -0.39 is 0 Å². The Morgan fingerprint density at radius 3 is 1.40 bits per heavy atom. The zero-order valence-corrected chi connectivity index (χ0v) is 32.6. The second-order valence-corrected chi connectivity index (χ2v) is 14.5. The Morgan fingerprint density at radius 1 is 0.438 bits per heavy atom. The van der Waals surface area contributed by atoms with Crippen molar-refractivity contribution in [1.29, 1.82) is 0 Å². The van der Waals surface area contributed by atoms with Crippen LogP contribution in [0.25, 0.3) is 55.6 Å². The van der Waals surface area contributed by atoms with Gasteiger partial charge in [-0.15, -0.1) is 28.8 Å². The van der Waals surface area contributed by atoms with Crippen molar-refractivity contribution in [1.82, 2.24) is 0 Å². The van der Waals surface area contributed by atoms with Gasteiger partial charge in [-0.05, 0) is 56.2 Å². The molecule has 0 N–H and O–H groups in total. The normalized spacial score (nSPS) is 11.8. The summed E-state index contributed by atoms with van der Waals surface area (Å²) in [6.07, 6.45) is 0.889. The molecular weight excluding hydrogens is 703 g/mol. The molecule has 6 aromatic rings. The van der Waals surface area contributed by atoms with E-state index in [4.69, 9.17) is 0 Å². The zero-order valence-electron chi connectivity index (χ0n) is 28.6. The number of fused-ring (bicyclic) bond motifs is 3. The van der Waals surface area contributed by atoms with Gasteiger partial charge in [0.2, 0.25) is 0 Å². The topological polar surface area (TPSA) is 0 Å². The number of hydrogen-bond donors (Lipinski definition) is 0. The molecule has 0 saturated carbocycles. The van der Waals surface area contributed by atoms with Crippen molar-refractivity contribution in [2.75, 3.05) is 0 Å². The molecule has 1 radical (unpaired) electrons. The van der Waals surface area contributed by atoms with E-state index in [2.05, 4.69) is 175 Å². The van der Waals surface area contributed by atoms with Crippen LogP contribution in [0.1, 0.15) is 63.8 Å². The van der Waals surface area contributed by atoms with Crippen LogP contribution in [0.5, 0.6) is 0 Å². The van der Waals surface area contributed by atoms with Crippen molar-refractivity contribution in [2.24, 2.45) is 0 Å². The van der Waals surface area contributed by atoms with Crippen LogP contribution >= 0.6 is 0 Å². The van der Waals surface area contributed by atoms with Gasteiger partial charge in [-0.25, -0.2) is 0 Å². The number of benzene rings is 6. The van der Waals surface area contributed by atoms with E-state index in [0.29, 0.717) is 0 Å². The first kappa shape index (κ1) is 37.6. The molecule has 0 aliphatic heterocycles. The molecule has 7 rings (SSSR count). The monoisotopic (exact) mass is 741 g/mol. The first-order valence-electron chi connectivity index (χ1n) is 16.2. The van der Waals surface area contributed by atoms with Crippen molar-refractivity contribution in [3.63, 3.8) is 0 Å². The molecule has 1 aliphatic carbocycles. The smallest absolute Gasteiger partial charge is 1.00 e. The van der Waals surface area contributed by atoms with E-state index in [0.717, 1.165) is 6.42 Å². The van der Waals surface area contributed by atoms with Gasteiger partial charge in [0.05, 0.1) is 0 Å². The van der Waals surface area contributed by atoms with Crippen LogP contribution in [0, 0.1) is 6.07 Å². The molecule has 0 amide bonds. The predicted molar refractivity (Wildman–Crippen MR) is 193 cm³/mol. The van der Waals surface area contributed by atoms with Gasteiger partial charge in [0, 0.05) is 0 Å².